The summed E-state index contributed by atoms with van der Waals surface area (Å²) in [5.41, 5.74) is 0.926. The number of rotatable bonds is 3. The van der Waals surface area contributed by atoms with Gasteiger partial charge >= 0.3 is 0 Å². The molecule has 0 saturated heterocycles. The topological polar surface area (TPSA) is 57.8 Å². The van der Waals surface area contributed by atoms with Gasteiger partial charge in [-0.25, -0.2) is 0 Å². The number of aromatic nitrogens is 2. The van der Waals surface area contributed by atoms with Crippen molar-refractivity contribution in [3.8, 4) is 0 Å². The molecule has 0 aliphatic heterocycles. The first kappa shape index (κ1) is 13.1. The van der Waals surface area contributed by atoms with Gasteiger partial charge in [-0.1, -0.05) is 29.8 Å². The fourth-order valence-corrected chi connectivity index (χ4v) is 3.42. The fourth-order valence-electron chi connectivity index (χ4n) is 2.00. The van der Waals surface area contributed by atoms with Gasteiger partial charge in [0.15, 0.2) is 0 Å². The molecule has 6 heteroatoms. The van der Waals surface area contributed by atoms with Crippen LogP contribution in [0.1, 0.15) is 28.2 Å². The number of nitrogens with one attached hydrogen (secondary N) is 2. The minimum atomic E-state index is -0.162. The third-order valence-electron chi connectivity index (χ3n) is 3.11. The average Bonchev–Trinajstić information content (AvgIpc) is 3.07. The maximum atomic E-state index is 12.3. The number of halogens is 1. The Bertz CT molecular complexity index is 751. The van der Waals surface area contributed by atoms with Gasteiger partial charge in [0.05, 0.1) is 17.3 Å². The van der Waals surface area contributed by atoms with Crippen LogP contribution in [-0.2, 0) is 0 Å². The van der Waals surface area contributed by atoms with Crippen LogP contribution < -0.4 is 5.32 Å². The molecular formula is C14H12ClN3OS. The van der Waals surface area contributed by atoms with E-state index in [0.717, 1.165) is 15.6 Å². The lowest BCUT2D eigenvalue weighted by molar-refractivity contribution is 0.0944. The van der Waals surface area contributed by atoms with Gasteiger partial charge in [-0.2, -0.15) is 5.10 Å². The van der Waals surface area contributed by atoms with Crippen molar-refractivity contribution in [2.45, 2.75) is 13.0 Å². The van der Waals surface area contributed by atoms with Crippen molar-refractivity contribution in [1.29, 1.82) is 0 Å². The molecule has 2 N–H and O–H groups in total. The third kappa shape index (κ3) is 2.30. The summed E-state index contributed by atoms with van der Waals surface area (Å²) < 4.78 is 1.01. The lowest BCUT2D eigenvalue weighted by atomic mass is 10.2. The SMILES string of the molecule is CC(NC(=O)c1sc2ccccc2c1Cl)c1cn[nH]c1. The minimum Gasteiger partial charge on any atom is -0.345 e. The molecule has 0 saturated carbocycles. The maximum absolute atomic E-state index is 12.3. The summed E-state index contributed by atoms with van der Waals surface area (Å²) in [6.07, 6.45) is 3.45. The number of benzene rings is 1. The molecule has 0 fully saturated rings. The zero-order valence-electron chi connectivity index (χ0n) is 10.7. The molecule has 20 heavy (non-hydrogen) atoms. The van der Waals surface area contributed by atoms with Crippen molar-refractivity contribution in [2.24, 2.45) is 0 Å². The van der Waals surface area contributed by atoms with Crippen LogP contribution in [0.5, 0.6) is 0 Å². The molecule has 2 aromatic heterocycles. The standard InChI is InChI=1S/C14H12ClN3OS/c1-8(9-6-16-17-7-9)18-14(19)13-12(15)10-4-2-3-5-11(10)20-13/h2-8H,1H3,(H,16,17)(H,18,19). The summed E-state index contributed by atoms with van der Waals surface area (Å²) in [4.78, 5) is 12.9. The first-order valence-corrected chi connectivity index (χ1v) is 7.33. The minimum absolute atomic E-state index is 0.123. The molecule has 0 aliphatic rings. The van der Waals surface area contributed by atoms with Crippen molar-refractivity contribution in [2.75, 3.05) is 0 Å². The number of hydrogen-bond acceptors (Lipinski definition) is 3. The van der Waals surface area contributed by atoms with Crippen LogP contribution in [-0.4, -0.2) is 16.1 Å². The van der Waals surface area contributed by atoms with Gasteiger partial charge < -0.3 is 5.32 Å². The first-order chi connectivity index (χ1) is 9.66. The van der Waals surface area contributed by atoms with E-state index in [2.05, 4.69) is 15.5 Å². The Morgan fingerprint density at radius 2 is 2.25 bits per heavy atom. The van der Waals surface area contributed by atoms with Crippen LogP contribution >= 0.6 is 22.9 Å². The number of hydrogen-bond donors (Lipinski definition) is 2. The second-order valence-electron chi connectivity index (χ2n) is 4.47. The predicted octanol–water partition coefficient (Wildman–Crippen LogP) is 3.77. The van der Waals surface area contributed by atoms with E-state index in [1.54, 1.807) is 12.4 Å². The number of amides is 1. The van der Waals surface area contributed by atoms with Crippen LogP contribution in [0.2, 0.25) is 5.02 Å². The number of H-pyrrole nitrogens is 1. The summed E-state index contributed by atoms with van der Waals surface area (Å²) in [7, 11) is 0. The number of aromatic amines is 1. The lowest BCUT2D eigenvalue weighted by Crippen LogP contribution is -2.25. The van der Waals surface area contributed by atoms with E-state index in [4.69, 9.17) is 11.6 Å². The second kappa shape index (κ2) is 5.26. The molecule has 1 amide bonds. The van der Waals surface area contributed by atoms with E-state index in [1.165, 1.54) is 11.3 Å². The smallest absolute Gasteiger partial charge is 0.263 e. The first-order valence-electron chi connectivity index (χ1n) is 6.13. The Labute approximate surface area is 124 Å². The highest BCUT2D eigenvalue weighted by atomic mass is 35.5. The van der Waals surface area contributed by atoms with Crippen molar-refractivity contribution in [3.05, 3.63) is 52.1 Å². The molecule has 0 radical (unpaired) electrons. The normalized spacial score (nSPS) is 12.5. The van der Waals surface area contributed by atoms with Crippen molar-refractivity contribution in [1.82, 2.24) is 15.5 Å². The molecular weight excluding hydrogens is 294 g/mol. The lowest BCUT2D eigenvalue weighted by Gasteiger charge is -2.11. The monoisotopic (exact) mass is 305 g/mol. The largest absolute Gasteiger partial charge is 0.345 e. The van der Waals surface area contributed by atoms with Gasteiger partial charge in [-0.3, -0.25) is 9.89 Å². The zero-order chi connectivity index (χ0) is 14.1. The Hall–Kier alpha value is -1.85. The van der Waals surface area contributed by atoms with Gasteiger partial charge in [-0.05, 0) is 13.0 Å². The van der Waals surface area contributed by atoms with Crippen LogP contribution in [0.15, 0.2) is 36.7 Å². The number of nitrogens with zero attached hydrogens (tertiary/aromatic N) is 1. The van der Waals surface area contributed by atoms with E-state index < -0.39 is 0 Å². The second-order valence-corrected chi connectivity index (χ2v) is 5.90. The van der Waals surface area contributed by atoms with Crippen molar-refractivity contribution < 1.29 is 4.79 Å². The van der Waals surface area contributed by atoms with E-state index in [0.29, 0.717) is 9.90 Å². The molecule has 0 bridgehead atoms. The van der Waals surface area contributed by atoms with E-state index >= 15 is 0 Å². The van der Waals surface area contributed by atoms with Gasteiger partial charge in [-0.15, -0.1) is 11.3 Å². The highest BCUT2D eigenvalue weighted by Gasteiger charge is 2.19. The summed E-state index contributed by atoms with van der Waals surface area (Å²) in [5.74, 6) is -0.162. The highest BCUT2D eigenvalue weighted by Crippen LogP contribution is 2.35. The van der Waals surface area contributed by atoms with Crippen LogP contribution in [0.25, 0.3) is 10.1 Å². The van der Waals surface area contributed by atoms with E-state index in [9.17, 15) is 4.79 Å². The zero-order valence-corrected chi connectivity index (χ0v) is 12.3. The average molecular weight is 306 g/mol. The van der Waals surface area contributed by atoms with Gasteiger partial charge in [0.2, 0.25) is 0 Å². The van der Waals surface area contributed by atoms with E-state index in [1.807, 2.05) is 31.2 Å². The number of fused-ring (bicyclic) bond motifs is 1. The molecule has 0 spiro atoms. The Morgan fingerprint density at radius 3 is 2.95 bits per heavy atom. The third-order valence-corrected chi connectivity index (χ3v) is 4.78. The quantitative estimate of drug-likeness (QED) is 0.774. The number of thiophene rings is 1. The maximum Gasteiger partial charge on any atom is 0.263 e. The summed E-state index contributed by atoms with van der Waals surface area (Å²) in [6, 6.07) is 7.61. The fraction of sp³-hybridized carbons (Fsp3) is 0.143. The number of carbonyl (C=O) groups excluding carboxylic acids is 1. The summed E-state index contributed by atoms with van der Waals surface area (Å²) in [5, 5.41) is 11.0. The van der Waals surface area contributed by atoms with Crippen LogP contribution in [0.3, 0.4) is 0 Å². The van der Waals surface area contributed by atoms with Gasteiger partial charge in [0, 0.05) is 21.8 Å². The Balaban J connectivity index is 1.87. The molecule has 1 atom stereocenters. The van der Waals surface area contributed by atoms with E-state index in [-0.39, 0.29) is 11.9 Å². The van der Waals surface area contributed by atoms with Gasteiger partial charge in [0.1, 0.15) is 4.88 Å². The molecule has 102 valence electrons. The van der Waals surface area contributed by atoms with Crippen molar-refractivity contribution in [3.63, 3.8) is 0 Å². The van der Waals surface area contributed by atoms with Crippen molar-refractivity contribution >= 4 is 38.9 Å². The summed E-state index contributed by atoms with van der Waals surface area (Å²) >= 11 is 7.70. The van der Waals surface area contributed by atoms with Crippen LogP contribution in [0, 0.1) is 0 Å². The molecule has 1 aromatic carbocycles. The molecule has 0 aliphatic carbocycles. The molecule has 1 unspecified atom stereocenters. The Morgan fingerprint density at radius 1 is 1.45 bits per heavy atom. The van der Waals surface area contributed by atoms with Gasteiger partial charge in [0.25, 0.3) is 5.91 Å². The molecule has 2 heterocycles. The molecule has 3 aromatic rings. The summed E-state index contributed by atoms with van der Waals surface area (Å²) in [6.45, 7) is 1.91. The highest BCUT2D eigenvalue weighted by molar-refractivity contribution is 7.21. The predicted molar refractivity (Wildman–Crippen MR) is 81.3 cm³/mol. The Kier molecular flexibility index (Phi) is 3.46. The number of carbonyl (C=O) groups is 1. The molecule has 3 rings (SSSR count). The molecule has 4 nitrogen and oxygen atoms in total. The van der Waals surface area contributed by atoms with Crippen LogP contribution in [0.4, 0.5) is 0 Å².